The van der Waals surface area contributed by atoms with Crippen molar-refractivity contribution in [1.82, 2.24) is 25.1 Å². The van der Waals surface area contributed by atoms with E-state index < -0.39 is 17.8 Å². The molecule has 0 amide bonds. The van der Waals surface area contributed by atoms with E-state index in [9.17, 15) is 9.50 Å². The molecule has 1 aromatic carbocycles. The third-order valence-electron chi connectivity index (χ3n) is 5.47. The Balaban J connectivity index is 1.37. The number of nitrogens with zero attached hydrogens (tertiary/aromatic N) is 4. The molecule has 140 valence electrons. The maximum Gasteiger partial charge on any atom is 0.294 e. The van der Waals surface area contributed by atoms with Gasteiger partial charge in [-0.3, -0.25) is 0 Å². The average molecular weight is 387 g/mol. The Morgan fingerprint density at radius 2 is 2.30 bits per heavy atom. The van der Waals surface area contributed by atoms with Gasteiger partial charge in [0.25, 0.3) is 5.19 Å². The number of halogens is 1. The first-order valence-electron chi connectivity index (χ1n) is 8.74. The first kappa shape index (κ1) is 16.6. The van der Waals surface area contributed by atoms with Crippen LogP contribution < -0.4 is 10.1 Å². The van der Waals surface area contributed by atoms with Gasteiger partial charge in [0.05, 0.1) is 23.1 Å². The summed E-state index contributed by atoms with van der Waals surface area (Å²) < 4.78 is 22.3. The number of phenolic OH excluding ortho intramolecular Hbond substituents is 1. The molecule has 1 aliphatic carbocycles. The minimum absolute atomic E-state index is 0.0869. The van der Waals surface area contributed by atoms with Crippen molar-refractivity contribution in [2.75, 3.05) is 6.54 Å². The van der Waals surface area contributed by atoms with Gasteiger partial charge in [0.15, 0.2) is 11.2 Å². The first-order valence-corrected chi connectivity index (χ1v) is 9.56. The molecule has 2 aliphatic rings. The lowest BCUT2D eigenvalue weighted by Gasteiger charge is -2.31. The molecule has 3 heterocycles. The normalized spacial score (nSPS) is 29.3. The highest BCUT2D eigenvalue weighted by Crippen LogP contribution is 2.44. The van der Waals surface area contributed by atoms with Gasteiger partial charge < -0.3 is 19.7 Å². The minimum atomic E-state index is -1.08. The number of fused-ring (bicyclic) bond motifs is 2. The number of ether oxygens (including phenoxy) is 1. The Bertz CT molecular complexity index is 978. The number of benzene rings is 1. The van der Waals surface area contributed by atoms with Crippen molar-refractivity contribution in [3.05, 3.63) is 36.9 Å². The Labute approximate surface area is 158 Å². The number of nitrogens with one attached hydrogen (secondary N) is 1. The van der Waals surface area contributed by atoms with Crippen molar-refractivity contribution >= 4 is 11.3 Å². The number of hydrogen-bond donors (Lipinski definition) is 2. The van der Waals surface area contributed by atoms with Gasteiger partial charge in [0, 0.05) is 30.9 Å². The first-order chi connectivity index (χ1) is 13.0. The summed E-state index contributed by atoms with van der Waals surface area (Å²) in [6.45, 7) is 2.65. The summed E-state index contributed by atoms with van der Waals surface area (Å²) in [5.74, 6) is 0.226. The zero-order valence-electron chi connectivity index (χ0n) is 14.5. The smallest absolute Gasteiger partial charge is 0.294 e. The maximum absolute atomic E-state index is 14.6. The largest absolute Gasteiger partial charge is 0.507 e. The number of phenols is 1. The van der Waals surface area contributed by atoms with Gasteiger partial charge in [-0.1, -0.05) is 16.4 Å². The fourth-order valence-electron chi connectivity index (χ4n) is 4.01. The highest BCUT2D eigenvalue weighted by Gasteiger charge is 2.57. The number of aromatic nitrogens is 4. The molecule has 0 radical (unpaired) electrons. The predicted octanol–water partition coefficient (Wildman–Crippen LogP) is 2.56. The van der Waals surface area contributed by atoms with Crippen LogP contribution in [0.15, 0.2) is 36.9 Å². The topological polar surface area (TPSA) is 85.1 Å². The summed E-state index contributed by atoms with van der Waals surface area (Å²) >= 11 is 1.21. The summed E-state index contributed by atoms with van der Waals surface area (Å²) in [5, 5.41) is 22.6. The van der Waals surface area contributed by atoms with Crippen LogP contribution in [0.4, 0.5) is 4.39 Å². The molecule has 0 spiro atoms. The third kappa shape index (κ3) is 2.69. The molecule has 1 saturated heterocycles. The zero-order valence-corrected chi connectivity index (χ0v) is 15.4. The number of hydrogen-bond acceptors (Lipinski definition) is 7. The second-order valence-corrected chi connectivity index (χ2v) is 8.23. The molecule has 9 heteroatoms. The van der Waals surface area contributed by atoms with E-state index in [1.54, 1.807) is 35.4 Å². The molecule has 5 rings (SSSR count). The number of aromatic hydroxyl groups is 1. The SMILES string of the molecule is C[C@]12CC(CN1)[C@@H](Oc1nnc(-c3ccc(-n4ccnc4)cc3O)s1)[C@H]2F. The lowest BCUT2D eigenvalue weighted by molar-refractivity contribution is 0.0438. The third-order valence-corrected chi connectivity index (χ3v) is 6.32. The van der Waals surface area contributed by atoms with Gasteiger partial charge in [-0.25, -0.2) is 9.37 Å². The van der Waals surface area contributed by atoms with E-state index in [2.05, 4.69) is 20.5 Å². The summed E-state index contributed by atoms with van der Waals surface area (Å²) in [6, 6.07) is 5.27. The molecule has 2 bridgehead atoms. The molecule has 1 unspecified atom stereocenters. The molecular formula is C18H18FN5O2S. The van der Waals surface area contributed by atoms with Crippen LogP contribution in [0.5, 0.6) is 10.9 Å². The van der Waals surface area contributed by atoms with E-state index >= 15 is 0 Å². The molecular weight excluding hydrogens is 369 g/mol. The van der Waals surface area contributed by atoms with Crippen molar-refractivity contribution < 1.29 is 14.2 Å². The second kappa shape index (κ2) is 6.00. The predicted molar refractivity (Wildman–Crippen MR) is 98.0 cm³/mol. The minimum Gasteiger partial charge on any atom is -0.507 e. The molecule has 2 N–H and O–H groups in total. The van der Waals surface area contributed by atoms with E-state index in [1.807, 2.05) is 13.0 Å². The molecule has 4 atom stereocenters. The van der Waals surface area contributed by atoms with Crippen LogP contribution in [0.3, 0.4) is 0 Å². The summed E-state index contributed by atoms with van der Waals surface area (Å²) in [5.41, 5.74) is 0.840. The second-order valence-electron chi connectivity index (χ2n) is 7.29. The lowest BCUT2D eigenvalue weighted by Crippen LogP contribution is -2.53. The van der Waals surface area contributed by atoms with Crippen molar-refractivity contribution in [2.45, 2.75) is 31.2 Å². The van der Waals surface area contributed by atoms with Crippen molar-refractivity contribution in [1.29, 1.82) is 0 Å². The standard InChI is InChI=1S/C18H18FN5O2S/c1-18-7-10(8-21-18)14(15(18)19)26-17-23-22-16(27-17)12-3-2-11(6-13(12)25)24-5-4-20-9-24/h2-6,9-10,14-15,21,25H,7-8H2,1H3/t10?,14-,15-,18-/m1/s1. The molecule has 3 aromatic rings. The Hall–Kier alpha value is -2.52. The number of imidazole rings is 1. The maximum atomic E-state index is 14.6. The van der Waals surface area contributed by atoms with Gasteiger partial charge in [-0.15, -0.1) is 5.10 Å². The van der Waals surface area contributed by atoms with Crippen LogP contribution in [-0.2, 0) is 0 Å². The Morgan fingerprint density at radius 3 is 3.00 bits per heavy atom. The van der Waals surface area contributed by atoms with E-state index in [1.165, 1.54) is 11.3 Å². The molecule has 7 nitrogen and oxygen atoms in total. The highest BCUT2D eigenvalue weighted by atomic mass is 32.1. The fraction of sp³-hybridized carbons (Fsp3) is 0.389. The van der Waals surface area contributed by atoms with Crippen molar-refractivity contribution in [3.63, 3.8) is 0 Å². The number of rotatable bonds is 4. The Kier molecular flexibility index (Phi) is 3.70. The lowest BCUT2D eigenvalue weighted by atomic mass is 9.99. The average Bonchev–Trinajstić information content (AvgIpc) is 3.42. The van der Waals surface area contributed by atoms with Crippen molar-refractivity contribution in [2.24, 2.45) is 5.92 Å². The number of piperidine rings is 1. The van der Waals surface area contributed by atoms with Crippen LogP contribution in [0.1, 0.15) is 13.3 Å². The van der Waals surface area contributed by atoms with Crippen LogP contribution in [0.25, 0.3) is 16.3 Å². The quantitative estimate of drug-likeness (QED) is 0.716. The molecule has 2 fully saturated rings. The number of alkyl halides is 1. The molecule has 1 aliphatic heterocycles. The summed E-state index contributed by atoms with van der Waals surface area (Å²) in [7, 11) is 0. The van der Waals surface area contributed by atoms with Crippen LogP contribution in [0, 0.1) is 5.92 Å². The van der Waals surface area contributed by atoms with Gasteiger partial charge in [-0.2, -0.15) is 0 Å². The van der Waals surface area contributed by atoms with Gasteiger partial charge in [-0.05, 0) is 25.5 Å². The molecule has 27 heavy (non-hydrogen) atoms. The van der Waals surface area contributed by atoms with Crippen LogP contribution in [-0.4, -0.2) is 49.2 Å². The van der Waals surface area contributed by atoms with E-state index in [0.717, 1.165) is 18.7 Å². The van der Waals surface area contributed by atoms with E-state index in [4.69, 9.17) is 4.74 Å². The van der Waals surface area contributed by atoms with Crippen LogP contribution >= 0.6 is 11.3 Å². The molecule has 2 aromatic heterocycles. The van der Waals surface area contributed by atoms with Crippen LogP contribution in [0.2, 0.25) is 0 Å². The van der Waals surface area contributed by atoms with E-state index in [-0.39, 0.29) is 11.7 Å². The van der Waals surface area contributed by atoms with Gasteiger partial charge >= 0.3 is 0 Å². The Morgan fingerprint density at radius 1 is 1.41 bits per heavy atom. The highest BCUT2D eigenvalue weighted by molar-refractivity contribution is 7.16. The van der Waals surface area contributed by atoms with Gasteiger partial charge in [0.2, 0.25) is 0 Å². The summed E-state index contributed by atoms with van der Waals surface area (Å²) in [6.07, 6.45) is 4.30. The molecule has 1 saturated carbocycles. The monoisotopic (exact) mass is 387 g/mol. The fourth-order valence-corrected chi connectivity index (χ4v) is 4.78. The zero-order chi connectivity index (χ0) is 18.6. The summed E-state index contributed by atoms with van der Waals surface area (Å²) in [4.78, 5) is 4.00. The van der Waals surface area contributed by atoms with E-state index in [0.29, 0.717) is 15.8 Å². The van der Waals surface area contributed by atoms with Gasteiger partial charge in [0.1, 0.15) is 11.9 Å². The van der Waals surface area contributed by atoms with Crippen molar-refractivity contribution in [3.8, 4) is 27.2 Å².